The normalized spacial score (nSPS) is 16.8. The van der Waals surface area contributed by atoms with Crippen molar-refractivity contribution in [3.63, 3.8) is 0 Å². The summed E-state index contributed by atoms with van der Waals surface area (Å²) in [6, 6.07) is 4.02. The molecule has 36 heavy (non-hydrogen) atoms. The molecule has 198 valence electrons. The number of amides is 3. The Hall–Kier alpha value is -3.02. The summed E-state index contributed by atoms with van der Waals surface area (Å²) in [7, 11) is 0. The zero-order valence-electron chi connectivity index (χ0n) is 20.5. The lowest BCUT2D eigenvalue weighted by atomic mass is 10.0. The highest BCUT2D eigenvalue weighted by molar-refractivity contribution is 9.10. The summed E-state index contributed by atoms with van der Waals surface area (Å²) in [5.41, 5.74) is 11.0. The number of alkyl halides is 1. The smallest absolute Gasteiger partial charge is 0.251 e. The number of hydrogen-bond acceptors (Lipinski definition) is 5. The maximum atomic E-state index is 13.4. The third-order valence-electron chi connectivity index (χ3n) is 5.95. The van der Waals surface area contributed by atoms with Crippen LogP contribution in [0.25, 0.3) is 0 Å². The van der Waals surface area contributed by atoms with Crippen LogP contribution in [0.2, 0.25) is 0 Å². The summed E-state index contributed by atoms with van der Waals surface area (Å²) in [5, 5.41) is 5.38. The molecule has 0 saturated carbocycles. The van der Waals surface area contributed by atoms with Gasteiger partial charge in [-0.3, -0.25) is 24.2 Å². The van der Waals surface area contributed by atoms with Gasteiger partial charge in [0.05, 0.1) is 6.04 Å². The summed E-state index contributed by atoms with van der Waals surface area (Å²) in [4.78, 5) is 56.6. The second-order valence-corrected chi connectivity index (χ2v) is 9.92. The molecule has 1 aliphatic rings. The number of Topliss-reactive ketones (excluding diaryl/α,β-unsaturated/α-hetero) is 1. The van der Waals surface area contributed by atoms with Crippen molar-refractivity contribution in [3.05, 3.63) is 34.3 Å². The van der Waals surface area contributed by atoms with E-state index in [-0.39, 0.29) is 30.8 Å². The van der Waals surface area contributed by atoms with Gasteiger partial charge in [-0.2, -0.15) is 0 Å². The van der Waals surface area contributed by atoms with E-state index in [1.165, 1.54) is 4.90 Å². The SMILES string of the molecule is CC(C)[C@H](NC(=O)c1ccc(Br)cc1)C(=O)N1CCC[C@@H]1C(=O)N[C@@H](CCCN=C(N)N)C(=O)CF. The van der Waals surface area contributed by atoms with Gasteiger partial charge >= 0.3 is 0 Å². The molecule has 0 unspecified atom stereocenters. The van der Waals surface area contributed by atoms with Crippen LogP contribution in [0.1, 0.15) is 49.9 Å². The Balaban J connectivity index is 2.09. The quantitative estimate of drug-likeness (QED) is 0.169. The van der Waals surface area contributed by atoms with Gasteiger partial charge in [-0.1, -0.05) is 29.8 Å². The first-order valence-corrected chi connectivity index (χ1v) is 12.7. The number of halogens is 2. The van der Waals surface area contributed by atoms with Gasteiger partial charge in [-0.05, 0) is 55.9 Å². The van der Waals surface area contributed by atoms with Crippen molar-refractivity contribution in [1.82, 2.24) is 15.5 Å². The number of likely N-dealkylation sites (tertiary alicyclic amines) is 1. The lowest BCUT2D eigenvalue weighted by molar-refractivity contribution is -0.141. The summed E-state index contributed by atoms with van der Waals surface area (Å²) in [6.45, 7) is 2.96. The number of hydrogen-bond donors (Lipinski definition) is 4. The Morgan fingerprint density at radius 1 is 1.17 bits per heavy atom. The number of nitrogens with two attached hydrogens (primary N) is 2. The molecule has 2 rings (SSSR count). The standard InChI is InChI=1S/C24H34BrFN6O4/c1-14(2)20(31-21(34)15-7-9-16(25)10-8-15)23(36)32-12-4-6-18(32)22(35)30-17(19(33)13-26)5-3-11-29-24(27)28/h7-10,14,17-18,20H,3-6,11-13H2,1-2H3,(H,30,35)(H,31,34)(H4,27,28,29)/t17-,18+,20-/m0/s1. The van der Waals surface area contributed by atoms with Crippen LogP contribution in [0.5, 0.6) is 0 Å². The van der Waals surface area contributed by atoms with Crippen LogP contribution in [0.3, 0.4) is 0 Å². The van der Waals surface area contributed by atoms with Crippen molar-refractivity contribution in [3.8, 4) is 0 Å². The maximum Gasteiger partial charge on any atom is 0.251 e. The van der Waals surface area contributed by atoms with Crippen molar-refractivity contribution in [2.45, 2.75) is 57.7 Å². The summed E-state index contributed by atoms with van der Waals surface area (Å²) in [5.74, 6) is -2.41. The van der Waals surface area contributed by atoms with E-state index >= 15 is 0 Å². The third-order valence-corrected chi connectivity index (χ3v) is 6.48. The number of nitrogens with one attached hydrogen (secondary N) is 2. The van der Waals surface area contributed by atoms with Crippen LogP contribution in [-0.4, -0.2) is 72.3 Å². The van der Waals surface area contributed by atoms with Crippen LogP contribution >= 0.6 is 15.9 Å². The van der Waals surface area contributed by atoms with Crippen molar-refractivity contribution >= 4 is 45.4 Å². The second-order valence-electron chi connectivity index (χ2n) is 9.00. The van der Waals surface area contributed by atoms with E-state index in [2.05, 4.69) is 31.6 Å². The first-order chi connectivity index (χ1) is 17.0. The van der Waals surface area contributed by atoms with E-state index < -0.39 is 42.4 Å². The molecule has 1 fully saturated rings. The minimum atomic E-state index is -1.22. The molecule has 1 aliphatic heterocycles. The molecule has 3 amide bonds. The Bertz CT molecular complexity index is 968. The Kier molecular flexibility index (Phi) is 11.3. The minimum absolute atomic E-state index is 0.0977. The van der Waals surface area contributed by atoms with Crippen molar-refractivity contribution in [1.29, 1.82) is 0 Å². The highest BCUT2D eigenvalue weighted by Gasteiger charge is 2.39. The molecule has 0 aromatic heterocycles. The monoisotopic (exact) mass is 568 g/mol. The third kappa shape index (κ3) is 8.28. The number of carbonyl (C=O) groups excluding carboxylic acids is 4. The average molecular weight is 569 g/mol. The van der Waals surface area contributed by atoms with Crippen LogP contribution < -0.4 is 22.1 Å². The fraction of sp³-hybridized carbons (Fsp3) is 0.542. The Labute approximate surface area is 218 Å². The van der Waals surface area contributed by atoms with Gasteiger partial charge in [-0.25, -0.2) is 4.39 Å². The Morgan fingerprint density at radius 3 is 2.42 bits per heavy atom. The number of guanidine groups is 1. The van der Waals surface area contributed by atoms with Gasteiger partial charge in [0.2, 0.25) is 11.8 Å². The van der Waals surface area contributed by atoms with E-state index in [4.69, 9.17) is 11.5 Å². The number of rotatable bonds is 12. The number of benzene rings is 1. The van der Waals surface area contributed by atoms with E-state index in [1.54, 1.807) is 24.3 Å². The van der Waals surface area contributed by atoms with Crippen LogP contribution in [0, 0.1) is 5.92 Å². The summed E-state index contributed by atoms with van der Waals surface area (Å²) < 4.78 is 13.9. The lowest BCUT2D eigenvalue weighted by Gasteiger charge is -2.31. The van der Waals surface area contributed by atoms with Gasteiger partial charge in [0.1, 0.15) is 18.8 Å². The topological polar surface area (TPSA) is 160 Å². The first kappa shape index (κ1) is 29.2. The first-order valence-electron chi connectivity index (χ1n) is 11.9. The molecular formula is C24H34BrFN6O4. The molecule has 0 spiro atoms. The van der Waals surface area contributed by atoms with Crippen LogP contribution in [0.4, 0.5) is 4.39 Å². The number of aliphatic imine (C=N–C) groups is 1. The average Bonchev–Trinajstić information content (AvgIpc) is 3.33. The van der Waals surface area contributed by atoms with Gasteiger partial charge < -0.3 is 27.0 Å². The molecule has 3 atom stereocenters. The van der Waals surface area contributed by atoms with Gasteiger partial charge in [-0.15, -0.1) is 0 Å². The molecule has 1 heterocycles. The fourth-order valence-corrected chi connectivity index (χ4v) is 4.26. The van der Waals surface area contributed by atoms with Crippen LogP contribution in [-0.2, 0) is 14.4 Å². The molecule has 10 nitrogen and oxygen atoms in total. The molecule has 1 aromatic rings. The molecule has 1 aromatic carbocycles. The van der Waals surface area contributed by atoms with Crippen molar-refractivity contribution < 1.29 is 23.6 Å². The largest absolute Gasteiger partial charge is 0.370 e. The van der Waals surface area contributed by atoms with Crippen LogP contribution in [0.15, 0.2) is 33.7 Å². The number of nitrogens with zero attached hydrogens (tertiary/aromatic N) is 2. The van der Waals surface area contributed by atoms with E-state index in [1.807, 2.05) is 13.8 Å². The summed E-state index contributed by atoms with van der Waals surface area (Å²) >= 11 is 3.32. The number of ketones is 1. The van der Waals surface area contributed by atoms with E-state index in [0.717, 1.165) is 4.47 Å². The van der Waals surface area contributed by atoms with Crippen molar-refractivity contribution in [2.24, 2.45) is 22.4 Å². The predicted molar refractivity (Wildman–Crippen MR) is 138 cm³/mol. The summed E-state index contributed by atoms with van der Waals surface area (Å²) in [6.07, 6.45) is 1.50. The lowest BCUT2D eigenvalue weighted by Crippen LogP contribution is -2.56. The maximum absolute atomic E-state index is 13.4. The van der Waals surface area contributed by atoms with E-state index in [0.29, 0.717) is 31.4 Å². The Morgan fingerprint density at radius 2 is 1.83 bits per heavy atom. The van der Waals surface area contributed by atoms with Gasteiger partial charge in [0, 0.05) is 23.1 Å². The molecule has 1 saturated heterocycles. The molecule has 0 radical (unpaired) electrons. The minimum Gasteiger partial charge on any atom is -0.370 e. The highest BCUT2D eigenvalue weighted by Crippen LogP contribution is 2.21. The second kappa shape index (κ2) is 13.9. The molecule has 12 heteroatoms. The van der Waals surface area contributed by atoms with Crippen molar-refractivity contribution in [2.75, 3.05) is 19.8 Å². The zero-order chi connectivity index (χ0) is 26.8. The van der Waals surface area contributed by atoms with E-state index in [9.17, 15) is 23.6 Å². The fourth-order valence-electron chi connectivity index (χ4n) is 4.00. The molecule has 0 aliphatic carbocycles. The highest BCUT2D eigenvalue weighted by atomic mass is 79.9. The molecule has 6 N–H and O–H groups in total. The van der Waals surface area contributed by atoms with Gasteiger partial charge in [0.15, 0.2) is 11.7 Å². The number of carbonyl (C=O) groups is 4. The van der Waals surface area contributed by atoms with Gasteiger partial charge in [0.25, 0.3) is 5.91 Å². The molecular weight excluding hydrogens is 535 g/mol. The predicted octanol–water partition coefficient (Wildman–Crippen LogP) is 1.27. The zero-order valence-corrected chi connectivity index (χ0v) is 22.1. The molecule has 0 bridgehead atoms.